The highest BCUT2D eigenvalue weighted by atomic mass is 16.5. The number of fused-ring (bicyclic) bond motifs is 3. The predicted molar refractivity (Wildman–Crippen MR) is 132 cm³/mol. The second-order valence-corrected chi connectivity index (χ2v) is 8.40. The maximum atomic E-state index is 13.5. The van der Waals surface area contributed by atoms with Crippen molar-refractivity contribution in [2.45, 2.75) is 12.6 Å². The fourth-order valence-electron chi connectivity index (χ4n) is 4.91. The summed E-state index contributed by atoms with van der Waals surface area (Å²) >= 11 is 0. The van der Waals surface area contributed by atoms with E-state index in [-0.39, 0.29) is 5.56 Å². The van der Waals surface area contributed by atoms with Crippen molar-refractivity contribution >= 4 is 10.9 Å². The van der Waals surface area contributed by atoms with Gasteiger partial charge in [-0.15, -0.1) is 0 Å². The van der Waals surface area contributed by atoms with Crippen molar-refractivity contribution in [1.29, 1.82) is 0 Å². The van der Waals surface area contributed by atoms with Gasteiger partial charge < -0.3 is 23.5 Å². The zero-order valence-electron chi connectivity index (χ0n) is 20.3. The van der Waals surface area contributed by atoms with E-state index >= 15 is 0 Å². The van der Waals surface area contributed by atoms with Crippen LogP contribution in [0.5, 0.6) is 17.2 Å². The van der Waals surface area contributed by atoms with E-state index in [1.807, 2.05) is 42.5 Å². The summed E-state index contributed by atoms with van der Waals surface area (Å²) in [4.78, 5) is 26.5. The monoisotopic (exact) mass is 477 g/mol. The van der Waals surface area contributed by atoms with Gasteiger partial charge in [0.1, 0.15) is 23.4 Å². The van der Waals surface area contributed by atoms with Gasteiger partial charge in [0.2, 0.25) is 0 Å². The maximum Gasteiger partial charge on any atom is 0.331 e. The third kappa shape index (κ3) is 3.42. The fourth-order valence-corrected chi connectivity index (χ4v) is 4.91. The quantitative estimate of drug-likeness (QED) is 0.440. The first-order valence-electron chi connectivity index (χ1n) is 11.2. The van der Waals surface area contributed by atoms with E-state index in [0.717, 1.165) is 27.1 Å². The third-order valence-corrected chi connectivity index (χ3v) is 6.64. The number of hydrogen-bond acceptors (Lipinski definition) is 6. The Kier molecular flexibility index (Phi) is 5.64. The van der Waals surface area contributed by atoms with Crippen molar-refractivity contribution in [3.8, 4) is 28.5 Å². The van der Waals surface area contributed by atoms with Gasteiger partial charge in [-0.1, -0.05) is 0 Å². The lowest BCUT2D eigenvalue weighted by Gasteiger charge is -2.29. The fraction of sp³-hybridized carbons (Fsp3) is 0.308. The lowest BCUT2D eigenvalue weighted by Crippen LogP contribution is -2.37. The van der Waals surface area contributed by atoms with Gasteiger partial charge in [0.05, 0.1) is 50.2 Å². The van der Waals surface area contributed by atoms with Crippen LogP contribution >= 0.6 is 0 Å². The number of benzene rings is 2. The smallest absolute Gasteiger partial charge is 0.331 e. The lowest BCUT2D eigenvalue weighted by atomic mass is 10.0. The Morgan fingerprint density at radius 3 is 2.23 bits per heavy atom. The van der Waals surface area contributed by atoms with Crippen LogP contribution in [0.25, 0.3) is 22.2 Å². The van der Waals surface area contributed by atoms with E-state index in [4.69, 9.17) is 18.9 Å². The van der Waals surface area contributed by atoms with Gasteiger partial charge in [0.25, 0.3) is 5.56 Å². The Hall–Kier alpha value is -3.98. The van der Waals surface area contributed by atoms with Crippen LogP contribution in [-0.4, -0.2) is 41.6 Å². The van der Waals surface area contributed by atoms with Gasteiger partial charge in [-0.25, -0.2) is 4.79 Å². The number of aryl methyl sites for hydroxylation is 1. The zero-order valence-corrected chi connectivity index (χ0v) is 20.3. The van der Waals surface area contributed by atoms with E-state index < -0.39 is 11.8 Å². The predicted octanol–water partition coefficient (Wildman–Crippen LogP) is 2.85. The minimum absolute atomic E-state index is 0.354. The molecule has 0 fully saturated rings. The first-order chi connectivity index (χ1) is 16.9. The van der Waals surface area contributed by atoms with Gasteiger partial charge in [0.15, 0.2) is 0 Å². The van der Waals surface area contributed by atoms with Crippen molar-refractivity contribution in [2.75, 3.05) is 27.9 Å². The van der Waals surface area contributed by atoms with Crippen molar-refractivity contribution < 1.29 is 18.9 Å². The molecule has 1 aliphatic heterocycles. The molecule has 3 heterocycles. The van der Waals surface area contributed by atoms with Crippen LogP contribution in [0.3, 0.4) is 0 Å². The highest BCUT2D eigenvalue weighted by Gasteiger charge is 2.34. The molecule has 1 atom stereocenters. The summed E-state index contributed by atoms with van der Waals surface area (Å²) in [5, 5.41) is 0.465. The van der Waals surface area contributed by atoms with Crippen LogP contribution < -0.4 is 25.5 Å². The second-order valence-electron chi connectivity index (χ2n) is 8.40. The summed E-state index contributed by atoms with van der Waals surface area (Å²) in [6.45, 7) is 0.932. The average molecular weight is 478 g/mol. The van der Waals surface area contributed by atoms with Crippen LogP contribution in [0.2, 0.25) is 0 Å². The Labute approximate surface area is 201 Å². The minimum atomic E-state index is -0.582. The molecule has 9 heteroatoms. The molecule has 0 bridgehead atoms. The van der Waals surface area contributed by atoms with Gasteiger partial charge in [0, 0.05) is 26.2 Å². The molecule has 0 aliphatic carbocycles. The highest BCUT2D eigenvalue weighted by Crippen LogP contribution is 2.43. The Morgan fingerprint density at radius 2 is 1.57 bits per heavy atom. The molecule has 0 saturated carbocycles. The SMILES string of the molecule is COc1ccc(-c2c3c(=O)n(C)c(=O)n(C)c3c3n2CCO[C@H]3c2cc(OC)ccc2OC)cc1. The Balaban J connectivity index is 1.90. The molecule has 35 heavy (non-hydrogen) atoms. The molecule has 5 rings (SSSR count). The van der Waals surface area contributed by atoms with E-state index in [9.17, 15) is 9.59 Å². The average Bonchev–Trinajstić information content (AvgIpc) is 3.26. The normalized spacial score (nSPS) is 15.2. The molecule has 0 spiro atoms. The van der Waals surface area contributed by atoms with Crippen LogP contribution in [0.15, 0.2) is 52.1 Å². The van der Waals surface area contributed by atoms with Gasteiger partial charge in [-0.3, -0.25) is 13.9 Å². The lowest BCUT2D eigenvalue weighted by molar-refractivity contribution is 0.0462. The molecule has 0 radical (unpaired) electrons. The number of rotatable bonds is 5. The second kappa shape index (κ2) is 8.66. The highest BCUT2D eigenvalue weighted by molar-refractivity contribution is 5.96. The summed E-state index contributed by atoms with van der Waals surface area (Å²) in [6, 6.07) is 13.1. The minimum Gasteiger partial charge on any atom is -0.497 e. The molecule has 4 aromatic rings. The van der Waals surface area contributed by atoms with Crippen LogP contribution in [-0.2, 0) is 25.4 Å². The molecular weight excluding hydrogens is 450 g/mol. The molecule has 2 aromatic heterocycles. The van der Waals surface area contributed by atoms with Crippen molar-refractivity contribution in [1.82, 2.24) is 13.7 Å². The summed E-state index contributed by atoms with van der Waals surface area (Å²) in [7, 11) is 7.98. The van der Waals surface area contributed by atoms with Gasteiger partial charge in [-0.05, 0) is 48.0 Å². The topological polar surface area (TPSA) is 85.9 Å². The zero-order chi connectivity index (χ0) is 24.9. The molecule has 1 aliphatic rings. The summed E-state index contributed by atoms with van der Waals surface area (Å²) in [5.41, 5.74) is 2.84. The third-order valence-electron chi connectivity index (χ3n) is 6.64. The molecule has 0 unspecified atom stereocenters. The summed E-state index contributed by atoms with van der Waals surface area (Å²) < 4.78 is 27.5. The van der Waals surface area contributed by atoms with Gasteiger partial charge in [-0.2, -0.15) is 0 Å². The largest absolute Gasteiger partial charge is 0.497 e. The van der Waals surface area contributed by atoms with Crippen molar-refractivity contribution in [3.63, 3.8) is 0 Å². The molecule has 182 valence electrons. The molecule has 0 amide bonds. The number of ether oxygens (including phenoxy) is 4. The number of methoxy groups -OCH3 is 3. The van der Waals surface area contributed by atoms with Crippen LogP contribution in [0.4, 0.5) is 0 Å². The molecular formula is C26H27N3O6. The van der Waals surface area contributed by atoms with E-state index in [0.29, 0.717) is 41.3 Å². The molecule has 2 aromatic carbocycles. The molecule has 0 N–H and O–H groups in total. The summed E-state index contributed by atoms with van der Waals surface area (Å²) in [5.74, 6) is 1.99. The first kappa shape index (κ1) is 22.8. The van der Waals surface area contributed by atoms with Crippen molar-refractivity contribution in [3.05, 3.63) is 74.6 Å². The first-order valence-corrected chi connectivity index (χ1v) is 11.2. The van der Waals surface area contributed by atoms with E-state index in [1.165, 1.54) is 11.6 Å². The van der Waals surface area contributed by atoms with E-state index in [1.54, 1.807) is 28.4 Å². The number of hydrogen-bond donors (Lipinski definition) is 0. The number of nitrogens with zero attached hydrogens (tertiary/aromatic N) is 3. The molecule has 0 saturated heterocycles. The van der Waals surface area contributed by atoms with Crippen LogP contribution in [0, 0.1) is 0 Å². The number of aromatic nitrogens is 3. The Morgan fingerprint density at radius 1 is 0.886 bits per heavy atom. The molecule has 9 nitrogen and oxygen atoms in total. The Bertz CT molecular complexity index is 1550. The van der Waals surface area contributed by atoms with Crippen LogP contribution in [0.1, 0.15) is 17.4 Å². The van der Waals surface area contributed by atoms with E-state index in [2.05, 4.69) is 4.57 Å². The maximum absolute atomic E-state index is 13.5. The standard InChI is InChI=1S/C26H27N3O6/c1-27-22-20(25(30)28(2)26(27)31)21(15-6-8-16(32-3)9-7-15)29-12-13-35-24(23(22)29)18-14-17(33-4)10-11-19(18)34-5/h6-11,14,24H,12-13H2,1-5H3/t24-/m0/s1. The van der Waals surface area contributed by atoms with Gasteiger partial charge >= 0.3 is 5.69 Å². The van der Waals surface area contributed by atoms with Crippen molar-refractivity contribution in [2.24, 2.45) is 14.1 Å². The summed E-state index contributed by atoms with van der Waals surface area (Å²) in [6.07, 6.45) is -0.582.